The highest BCUT2D eigenvalue weighted by atomic mass is 79.9. The van der Waals surface area contributed by atoms with E-state index in [2.05, 4.69) is 95.6 Å². The first kappa shape index (κ1) is 27.0. The molecule has 0 amide bonds. The van der Waals surface area contributed by atoms with Crippen LogP contribution >= 0.6 is 15.9 Å². The Labute approximate surface area is 200 Å². The highest BCUT2D eigenvalue weighted by Crippen LogP contribution is 2.52. The summed E-state index contributed by atoms with van der Waals surface area (Å²) in [7, 11) is -0.166. The quantitative estimate of drug-likeness (QED) is 0.225. The van der Waals surface area contributed by atoms with E-state index in [0.29, 0.717) is 35.8 Å². The number of halogens is 1. The standard InChI is InChI=1S/C26H45BrO3Si/c1-18(2)31(19(3)4,20(5)6)30-25-22(15-24(28-9)26(25,7)8)23(27)17-29-16-21-13-11-10-12-14-21/h10-14,18-20,22-25H,15-17H2,1-9H3/t22-,23-,24-,25-/m1/s1. The SMILES string of the molecule is CO[C@@H]1C[C@H]([C@H](Br)COCc2ccccc2)[C@@H](O[Si](C(C)C)(C(C)C)C(C)C)C1(C)C. The number of hydrogen-bond acceptors (Lipinski definition) is 3. The summed E-state index contributed by atoms with van der Waals surface area (Å²) in [6, 6.07) is 10.4. The Morgan fingerprint density at radius 1 is 1.00 bits per heavy atom. The molecule has 1 aromatic rings. The molecular weight excluding hydrogens is 468 g/mol. The van der Waals surface area contributed by atoms with Crippen molar-refractivity contribution in [1.82, 2.24) is 0 Å². The van der Waals surface area contributed by atoms with Crippen LogP contribution in [0.5, 0.6) is 0 Å². The molecule has 0 heterocycles. The van der Waals surface area contributed by atoms with E-state index in [9.17, 15) is 0 Å². The lowest BCUT2D eigenvalue weighted by atomic mass is 9.85. The molecule has 1 saturated carbocycles. The molecule has 1 aliphatic carbocycles. The van der Waals surface area contributed by atoms with Crippen LogP contribution < -0.4 is 0 Å². The monoisotopic (exact) mass is 512 g/mol. The Balaban J connectivity index is 2.23. The van der Waals surface area contributed by atoms with Gasteiger partial charge in [0.05, 0.1) is 25.4 Å². The summed E-state index contributed by atoms with van der Waals surface area (Å²) in [5.41, 5.74) is 2.86. The van der Waals surface area contributed by atoms with E-state index in [0.717, 1.165) is 6.42 Å². The van der Waals surface area contributed by atoms with Crippen LogP contribution in [0.3, 0.4) is 0 Å². The van der Waals surface area contributed by atoms with E-state index in [1.54, 1.807) is 0 Å². The van der Waals surface area contributed by atoms with Crippen LogP contribution in [0.15, 0.2) is 30.3 Å². The fourth-order valence-electron chi connectivity index (χ4n) is 6.00. The van der Waals surface area contributed by atoms with E-state index < -0.39 is 8.32 Å². The van der Waals surface area contributed by atoms with Gasteiger partial charge in [-0.25, -0.2) is 0 Å². The van der Waals surface area contributed by atoms with Gasteiger partial charge in [0.25, 0.3) is 0 Å². The minimum absolute atomic E-state index is 0.0399. The average molecular weight is 514 g/mol. The number of alkyl halides is 1. The second-order valence-electron chi connectivity index (χ2n) is 10.8. The molecule has 0 aromatic heterocycles. The van der Waals surface area contributed by atoms with Gasteiger partial charge in [-0.2, -0.15) is 0 Å². The molecule has 0 saturated heterocycles. The molecule has 4 atom stereocenters. The van der Waals surface area contributed by atoms with E-state index in [4.69, 9.17) is 13.9 Å². The average Bonchev–Trinajstić information content (AvgIpc) is 2.95. The molecule has 0 radical (unpaired) electrons. The first-order valence-corrected chi connectivity index (χ1v) is 15.0. The van der Waals surface area contributed by atoms with Crippen molar-refractivity contribution < 1.29 is 13.9 Å². The van der Waals surface area contributed by atoms with Crippen molar-refractivity contribution in [2.24, 2.45) is 11.3 Å². The first-order chi connectivity index (χ1) is 14.5. The summed E-state index contributed by atoms with van der Waals surface area (Å²) < 4.78 is 19.5. The smallest absolute Gasteiger partial charge is 0.200 e. The Morgan fingerprint density at radius 3 is 2.03 bits per heavy atom. The molecule has 3 nitrogen and oxygen atoms in total. The van der Waals surface area contributed by atoms with Crippen LogP contribution in [0.4, 0.5) is 0 Å². The van der Waals surface area contributed by atoms with Crippen LogP contribution in [-0.4, -0.2) is 39.1 Å². The maximum absolute atomic E-state index is 7.40. The van der Waals surface area contributed by atoms with Gasteiger partial charge in [0.15, 0.2) is 0 Å². The predicted molar refractivity (Wildman–Crippen MR) is 137 cm³/mol. The van der Waals surface area contributed by atoms with Crippen LogP contribution in [0, 0.1) is 11.3 Å². The lowest BCUT2D eigenvalue weighted by Crippen LogP contribution is -2.54. The summed E-state index contributed by atoms with van der Waals surface area (Å²) >= 11 is 4.00. The van der Waals surface area contributed by atoms with Crippen LogP contribution in [0.2, 0.25) is 16.6 Å². The molecule has 0 N–H and O–H groups in total. The molecule has 0 unspecified atom stereocenters. The minimum atomic E-state index is -2.01. The van der Waals surface area contributed by atoms with Crippen LogP contribution in [0.25, 0.3) is 0 Å². The number of ether oxygens (including phenoxy) is 2. The molecule has 0 bridgehead atoms. The summed E-state index contributed by atoms with van der Waals surface area (Å²) in [6.07, 6.45) is 1.34. The maximum Gasteiger partial charge on any atom is 0.200 e. The predicted octanol–water partition coefficient (Wildman–Crippen LogP) is 7.59. The number of benzene rings is 1. The molecule has 31 heavy (non-hydrogen) atoms. The van der Waals surface area contributed by atoms with Gasteiger partial charge in [-0.05, 0) is 28.6 Å². The summed E-state index contributed by atoms with van der Waals surface area (Å²) in [5.74, 6) is 0.360. The van der Waals surface area contributed by atoms with Crippen molar-refractivity contribution in [1.29, 1.82) is 0 Å². The van der Waals surface area contributed by atoms with Gasteiger partial charge in [-0.1, -0.05) is 102 Å². The van der Waals surface area contributed by atoms with Crippen molar-refractivity contribution in [3.8, 4) is 0 Å². The highest BCUT2D eigenvalue weighted by molar-refractivity contribution is 9.09. The molecule has 2 rings (SSSR count). The minimum Gasteiger partial charge on any atom is -0.412 e. The maximum atomic E-state index is 7.40. The van der Waals surface area contributed by atoms with Gasteiger partial charge in [-0.15, -0.1) is 0 Å². The van der Waals surface area contributed by atoms with Gasteiger partial charge in [0.2, 0.25) is 8.32 Å². The van der Waals surface area contributed by atoms with Gasteiger partial charge < -0.3 is 13.9 Å². The molecule has 1 fully saturated rings. The van der Waals surface area contributed by atoms with Crippen molar-refractivity contribution >= 4 is 24.2 Å². The van der Waals surface area contributed by atoms with Gasteiger partial charge >= 0.3 is 0 Å². The normalized spacial score (nSPS) is 25.0. The summed E-state index contributed by atoms with van der Waals surface area (Å²) in [4.78, 5) is 0.235. The topological polar surface area (TPSA) is 27.7 Å². The Bertz CT molecular complexity index is 640. The zero-order valence-electron chi connectivity index (χ0n) is 21.2. The van der Waals surface area contributed by atoms with Crippen molar-refractivity contribution in [3.05, 3.63) is 35.9 Å². The number of rotatable bonds is 11. The van der Waals surface area contributed by atoms with E-state index in [-0.39, 0.29) is 22.5 Å². The lowest BCUT2D eigenvalue weighted by molar-refractivity contribution is -0.0243. The Morgan fingerprint density at radius 2 is 1.55 bits per heavy atom. The lowest BCUT2D eigenvalue weighted by Gasteiger charge is -2.48. The van der Waals surface area contributed by atoms with Gasteiger partial charge in [-0.3, -0.25) is 0 Å². The summed E-state index contributed by atoms with van der Waals surface area (Å²) in [6.45, 7) is 20.2. The van der Waals surface area contributed by atoms with E-state index in [1.807, 2.05) is 13.2 Å². The largest absolute Gasteiger partial charge is 0.412 e. The zero-order valence-corrected chi connectivity index (χ0v) is 23.7. The second-order valence-corrected chi connectivity index (χ2v) is 17.4. The van der Waals surface area contributed by atoms with E-state index >= 15 is 0 Å². The van der Waals surface area contributed by atoms with Crippen molar-refractivity contribution in [2.45, 2.75) is 102 Å². The molecule has 0 spiro atoms. The third kappa shape index (κ3) is 5.84. The van der Waals surface area contributed by atoms with Gasteiger partial charge in [0.1, 0.15) is 0 Å². The third-order valence-electron chi connectivity index (χ3n) is 7.61. The summed E-state index contributed by atoms with van der Waals surface area (Å²) in [5, 5.41) is 0. The van der Waals surface area contributed by atoms with Crippen molar-refractivity contribution in [2.75, 3.05) is 13.7 Å². The van der Waals surface area contributed by atoms with Gasteiger partial charge in [0, 0.05) is 23.3 Å². The second kappa shape index (κ2) is 11.3. The first-order valence-electron chi connectivity index (χ1n) is 11.9. The molecule has 5 heteroatoms. The fraction of sp³-hybridized carbons (Fsp3) is 0.769. The molecule has 0 aliphatic heterocycles. The molecule has 178 valence electrons. The fourth-order valence-corrected chi connectivity index (χ4v) is 12.4. The van der Waals surface area contributed by atoms with E-state index in [1.165, 1.54) is 5.56 Å². The van der Waals surface area contributed by atoms with Crippen LogP contribution in [0.1, 0.15) is 67.4 Å². The molecule has 1 aromatic carbocycles. The van der Waals surface area contributed by atoms with Crippen molar-refractivity contribution in [3.63, 3.8) is 0 Å². The zero-order chi connectivity index (χ0) is 23.4. The third-order valence-corrected chi connectivity index (χ3v) is 14.6. The number of hydrogen-bond donors (Lipinski definition) is 0. The molecular formula is C26H45BrO3Si. The number of methoxy groups -OCH3 is 1. The molecule has 1 aliphatic rings. The Hall–Kier alpha value is -0.203. The highest BCUT2D eigenvalue weighted by Gasteiger charge is 2.57. The Kier molecular flexibility index (Phi) is 9.84. The van der Waals surface area contributed by atoms with Crippen LogP contribution in [-0.2, 0) is 20.5 Å².